The Hall–Kier alpha value is -2.03. The smallest absolute Gasteiger partial charge is 0.293 e. The Kier molecular flexibility index (Phi) is 4.61. The van der Waals surface area contributed by atoms with Gasteiger partial charge in [0, 0.05) is 24.5 Å². The van der Waals surface area contributed by atoms with Crippen molar-refractivity contribution in [2.45, 2.75) is 13.1 Å². The van der Waals surface area contributed by atoms with Crippen molar-refractivity contribution in [1.82, 2.24) is 9.88 Å². The molecule has 0 amide bonds. The number of hydrogen-bond acceptors (Lipinski definition) is 7. The predicted octanol–water partition coefficient (Wildman–Crippen LogP) is 1.97. The summed E-state index contributed by atoms with van der Waals surface area (Å²) in [6.07, 6.45) is 0. The summed E-state index contributed by atoms with van der Waals surface area (Å²) in [5.74, 6) is 5.42. The lowest BCUT2D eigenvalue weighted by Crippen LogP contribution is -2.20. The molecule has 0 aliphatic carbocycles. The first-order valence-electron chi connectivity index (χ1n) is 5.90. The minimum atomic E-state index is -0.445. The summed E-state index contributed by atoms with van der Waals surface area (Å²) >= 11 is 1.54. The number of nitrogens with zero attached hydrogens (tertiary/aromatic N) is 3. The molecule has 0 fully saturated rings. The van der Waals surface area contributed by atoms with Crippen molar-refractivity contribution >= 4 is 22.7 Å². The van der Waals surface area contributed by atoms with Crippen molar-refractivity contribution in [2.75, 3.05) is 12.5 Å². The summed E-state index contributed by atoms with van der Waals surface area (Å²) in [4.78, 5) is 16.8. The van der Waals surface area contributed by atoms with Crippen molar-refractivity contribution in [2.24, 2.45) is 5.84 Å². The van der Waals surface area contributed by atoms with E-state index < -0.39 is 4.92 Å². The van der Waals surface area contributed by atoms with Crippen LogP contribution >= 0.6 is 11.3 Å². The van der Waals surface area contributed by atoms with Gasteiger partial charge in [-0.1, -0.05) is 12.1 Å². The number of rotatable bonds is 6. The standard InChI is InChI=1S/C12H15N5O2S/c1-16(6-10-7-20-8-14-10)5-9-3-2-4-11(17(18)19)12(9)15-13/h2-4,7-8,15H,5-6,13H2,1H3. The Bertz CT molecular complexity index is 588. The summed E-state index contributed by atoms with van der Waals surface area (Å²) in [7, 11) is 1.93. The number of aromatic nitrogens is 1. The summed E-state index contributed by atoms with van der Waals surface area (Å²) in [5, 5.41) is 12.9. The van der Waals surface area contributed by atoms with Gasteiger partial charge in [-0.15, -0.1) is 11.3 Å². The molecule has 106 valence electrons. The molecule has 0 unspecified atom stereocenters. The van der Waals surface area contributed by atoms with E-state index in [4.69, 9.17) is 5.84 Å². The van der Waals surface area contributed by atoms with Crippen molar-refractivity contribution < 1.29 is 4.92 Å². The van der Waals surface area contributed by atoms with Crippen molar-refractivity contribution in [3.8, 4) is 0 Å². The highest BCUT2D eigenvalue weighted by atomic mass is 32.1. The summed E-state index contributed by atoms with van der Waals surface area (Å²) in [6, 6.07) is 4.91. The third kappa shape index (κ3) is 3.29. The maximum absolute atomic E-state index is 11.0. The molecule has 0 bridgehead atoms. The quantitative estimate of drug-likeness (QED) is 0.480. The van der Waals surface area contributed by atoms with Crippen molar-refractivity contribution in [3.63, 3.8) is 0 Å². The molecule has 0 spiro atoms. The van der Waals surface area contributed by atoms with Crippen LogP contribution in [-0.2, 0) is 13.1 Å². The summed E-state index contributed by atoms with van der Waals surface area (Å²) < 4.78 is 0. The zero-order valence-electron chi connectivity index (χ0n) is 10.9. The molecule has 2 aromatic rings. The molecular weight excluding hydrogens is 278 g/mol. The lowest BCUT2D eigenvalue weighted by molar-refractivity contribution is -0.384. The lowest BCUT2D eigenvalue weighted by atomic mass is 10.1. The molecule has 0 aliphatic rings. The zero-order valence-corrected chi connectivity index (χ0v) is 11.8. The van der Waals surface area contributed by atoms with E-state index in [-0.39, 0.29) is 5.69 Å². The minimum absolute atomic E-state index is 0.0212. The highest BCUT2D eigenvalue weighted by Gasteiger charge is 2.17. The number of benzene rings is 1. The van der Waals surface area contributed by atoms with Crippen molar-refractivity contribution in [3.05, 3.63) is 50.5 Å². The lowest BCUT2D eigenvalue weighted by Gasteiger charge is -2.17. The molecule has 0 radical (unpaired) electrons. The maximum Gasteiger partial charge on any atom is 0.293 e. The molecule has 2 rings (SSSR count). The monoisotopic (exact) mass is 293 g/mol. The molecule has 1 aromatic heterocycles. The number of thiazole rings is 1. The van der Waals surface area contributed by atoms with Gasteiger partial charge in [0.2, 0.25) is 0 Å². The highest BCUT2D eigenvalue weighted by Crippen LogP contribution is 2.28. The number of nitrogen functional groups attached to an aromatic ring is 1. The van der Waals surface area contributed by atoms with Crippen LogP contribution in [0.25, 0.3) is 0 Å². The van der Waals surface area contributed by atoms with Gasteiger partial charge >= 0.3 is 0 Å². The van der Waals surface area contributed by atoms with Gasteiger partial charge in [0.25, 0.3) is 5.69 Å². The van der Waals surface area contributed by atoms with Gasteiger partial charge in [-0.2, -0.15) is 0 Å². The Balaban J connectivity index is 2.16. The normalized spacial score (nSPS) is 10.8. The summed E-state index contributed by atoms with van der Waals surface area (Å²) in [5.41, 5.74) is 6.29. The molecule has 20 heavy (non-hydrogen) atoms. The average Bonchev–Trinajstić information content (AvgIpc) is 2.91. The van der Waals surface area contributed by atoms with Gasteiger partial charge in [0.1, 0.15) is 5.69 Å². The second-order valence-corrected chi connectivity index (χ2v) is 5.08. The molecule has 3 N–H and O–H groups in total. The van der Waals surface area contributed by atoms with Crippen LogP contribution in [0.4, 0.5) is 11.4 Å². The van der Waals surface area contributed by atoms with E-state index in [9.17, 15) is 10.1 Å². The second kappa shape index (κ2) is 6.42. The SMILES string of the molecule is CN(Cc1cscn1)Cc1cccc([N+](=O)[O-])c1NN. The van der Waals surface area contributed by atoms with Crippen LogP contribution in [0.1, 0.15) is 11.3 Å². The molecule has 0 saturated heterocycles. The van der Waals surface area contributed by atoms with Crippen LogP contribution in [-0.4, -0.2) is 21.9 Å². The van der Waals surface area contributed by atoms with E-state index in [1.807, 2.05) is 23.4 Å². The van der Waals surface area contributed by atoms with Gasteiger partial charge in [0.15, 0.2) is 0 Å². The van der Waals surface area contributed by atoms with E-state index in [0.29, 0.717) is 18.8 Å². The predicted molar refractivity (Wildman–Crippen MR) is 78.2 cm³/mol. The Morgan fingerprint density at radius 1 is 1.50 bits per heavy atom. The highest BCUT2D eigenvalue weighted by molar-refractivity contribution is 7.07. The first-order valence-corrected chi connectivity index (χ1v) is 6.84. The number of nitro benzene ring substituents is 1. The van der Waals surface area contributed by atoms with E-state index in [2.05, 4.69) is 10.4 Å². The topological polar surface area (TPSA) is 97.3 Å². The van der Waals surface area contributed by atoms with Crippen LogP contribution in [0.5, 0.6) is 0 Å². The summed E-state index contributed by atoms with van der Waals surface area (Å²) in [6.45, 7) is 1.22. The number of anilines is 1. The van der Waals surface area contributed by atoms with Gasteiger partial charge in [-0.05, 0) is 12.6 Å². The first-order chi connectivity index (χ1) is 9.61. The molecular formula is C12H15N5O2S. The molecule has 1 aromatic carbocycles. The van der Waals surface area contributed by atoms with Crippen molar-refractivity contribution in [1.29, 1.82) is 0 Å². The first kappa shape index (κ1) is 14.4. The van der Waals surface area contributed by atoms with E-state index in [0.717, 1.165) is 11.3 Å². The maximum atomic E-state index is 11.0. The minimum Gasteiger partial charge on any atom is -0.318 e. The van der Waals surface area contributed by atoms with Crippen LogP contribution in [0, 0.1) is 10.1 Å². The Labute approximate surface area is 120 Å². The second-order valence-electron chi connectivity index (χ2n) is 4.36. The number of nitro groups is 1. The number of hydrogen-bond donors (Lipinski definition) is 2. The Morgan fingerprint density at radius 2 is 2.30 bits per heavy atom. The van der Waals surface area contributed by atoms with Gasteiger partial charge in [-0.25, -0.2) is 4.98 Å². The largest absolute Gasteiger partial charge is 0.318 e. The average molecular weight is 293 g/mol. The molecule has 0 atom stereocenters. The number of nitrogens with two attached hydrogens (primary N) is 1. The third-order valence-electron chi connectivity index (χ3n) is 2.83. The van der Waals surface area contributed by atoms with Crippen LogP contribution < -0.4 is 11.3 Å². The number of para-hydroxylation sites is 1. The Morgan fingerprint density at radius 3 is 2.90 bits per heavy atom. The fourth-order valence-corrected chi connectivity index (χ4v) is 2.53. The molecule has 1 heterocycles. The van der Waals surface area contributed by atoms with Crippen LogP contribution in [0.15, 0.2) is 29.1 Å². The third-order valence-corrected chi connectivity index (χ3v) is 3.46. The number of nitrogens with one attached hydrogen (secondary N) is 1. The molecule has 7 nitrogen and oxygen atoms in total. The fourth-order valence-electron chi connectivity index (χ4n) is 1.98. The number of hydrazine groups is 1. The fraction of sp³-hybridized carbons (Fsp3) is 0.250. The van der Waals surface area contributed by atoms with Crippen LogP contribution in [0.2, 0.25) is 0 Å². The van der Waals surface area contributed by atoms with Crippen LogP contribution in [0.3, 0.4) is 0 Å². The zero-order chi connectivity index (χ0) is 14.5. The van der Waals surface area contributed by atoms with E-state index in [1.54, 1.807) is 22.9 Å². The van der Waals surface area contributed by atoms with Gasteiger partial charge < -0.3 is 5.43 Å². The van der Waals surface area contributed by atoms with E-state index in [1.165, 1.54) is 6.07 Å². The molecule has 0 aliphatic heterocycles. The van der Waals surface area contributed by atoms with E-state index >= 15 is 0 Å². The molecule has 8 heteroatoms. The molecule has 0 saturated carbocycles. The van der Waals surface area contributed by atoms with Gasteiger partial charge in [0.05, 0.1) is 16.1 Å². The van der Waals surface area contributed by atoms with Gasteiger partial charge in [-0.3, -0.25) is 20.9 Å².